The zero-order valence-electron chi connectivity index (χ0n) is 20.5. The summed E-state index contributed by atoms with van der Waals surface area (Å²) >= 11 is 12.3. The van der Waals surface area contributed by atoms with E-state index in [4.69, 9.17) is 27.9 Å². The Labute approximate surface area is 217 Å². The Morgan fingerprint density at radius 2 is 1.83 bits per heavy atom. The summed E-state index contributed by atoms with van der Waals surface area (Å²) in [6.45, 7) is 5.21. The number of carbonyl (C=O) groups is 2. The second-order valence-corrected chi connectivity index (χ2v) is 10.9. The minimum atomic E-state index is -3.88. The van der Waals surface area contributed by atoms with Crippen LogP contribution >= 0.6 is 23.2 Å². The number of anilines is 1. The Morgan fingerprint density at radius 1 is 1.14 bits per heavy atom. The van der Waals surface area contributed by atoms with E-state index < -0.39 is 28.5 Å². The highest BCUT2D eigenvalue weighted by Crippen LogP contribution is 2.31. The van der Waals surface area contributed by atoms with E-state index in [1.807, 2.05) is 6.92 Å². The lowest BCUT2D eigenvalue weighted by molar-refractivity contribution is -0.139. The van der Waals surface area contributed by atoms with Gasteiger partial charge in [0.05, 0.1) is 19.1 Å². The minimum absolute atomic E-state index is 0.0158. The summed E-state index contributed by atoms with van der Waals surface area (Å²) < 4.78 is 31.8. The standard InChI is InChI=1S/C24H31Cl2N3O5S/c1-6-11-27-24(31)17(3)28(14-18-8-9-19(25)13-20(18)26)23(30)15-29(35(5,32)33)21-12-16(2)7-10-22(21)34-4/h7-10,12-13,17H,6,11,14-15H2,1-5H3,(H,27,31)/t17-/m0/s1. The van der Waals surface area contributed by atoms with Crippen LogP contribution in [0.3, 0.4) is 0 Å². The lowest BCUT2D eigenvalue weighted by atomic mass is 10.1. The van der Waals surface area contributed by atoms with E-state index in [1.54, 1.807) is 50.2 Å². The van der Waals surface area contributed by atoms with Gasteiger partial charge in [0.2, 0.25) is 21.8 Å². The van der Waals surface area contributed by atoms with Gasteiger partial charge in [-0.05, 0) is 55.7 Å². The van der Waals surface area contributed by atoms with Gasteiger partial charge in [0, 0.05) is 23.1 Å². The SMILES string of the molecule is CCCNC(=O)[C@H](C)N(Cc1ccc(Cl)cc1Cl)C(=O)CN(c1cc(C)ccc1OC)S(C)(=O)=O. The van der Waals surface area contributed by atoms with E-state index in [-0.39, 0.29) is 18.1 Å². The Hall–Kier alpha value is -2.49. The summed E-state index contributed by atoms with van der Waals surface area (Å²) in [7, 11) is -2.46. The number of amides is 2. The van der Waals surface area contributed by atoms with Crippen LogP contribution in [-0.2, 0) is 26.2 Å². The zero-order chi connectivity index (χ0) is 26.3. The molecule has 0 aliphatic rings. The number of sulfonamides is 1. The molecule has 1 atom stereocenters. The predicted molar refractivity (Wildman–Crippen MR) is 140 cm³/mol. The van der Waals surface area contributed by atoms with Crippen molar-refractivity contribution in [2.24, 2.45) is 0 Å². The van der Waals surface area contributed by atoms with Gasteiger partial charge in [0.25, 0.3) is 0 Å². The molecule has 0 saturated carbocycles. The summed E-state index contributed by atoms with van der Waals surface area (Å²) in [6.07, 6.45) is 1.74. The first-order chi connectivity index (χ1) is 16.4. The number of halogens is 2. The molecule has 0 spiro atoms. The van der Waals surface area contributed by atoms with E-state index in [0.29, 0.717) is 27.9 Å². The van der Waals surface area contributed by atoms with E-state index in [1.165, 1.54) is 12.0 Å². The van der Waals surface area contributed by atoms with Crippen molar-refractivity contribution in [3.63, 3.8) is 0 Å². The molecule has 11 heteroatoms. The molecule has 2 aromatic carbocycles. The molecule has 192 valence electrons. The molecule has 0 unspecified atom stereocenters. The van der Waals surface area contributed by atoms with Crippen LogP contribution in [0.1, 0.15) is 31.4 Å². The summed E-state index contributed by atoms with van der Waals surface area (Å²) in [5.74, 6) is -0.636. The maximum atomic E-state index is 13.6. The molecule has 0 aliphatic heterocycles. The fraction of sp³-hybridized carbons (Fsp3) is 0.417. The van der Waals surface area contributed by atoms with E-state index >= 15 is 0 Å². The van der Waals surface area contributed by atoms with Gasteiger partial charge in [-0.2, -0.15) is 0 Å². The first-order valence-electron chi connectivity index (χ1n) is 11.0. The summed E-state index contributed by atoms with van der Waals surface area (Å²) in [4.78, 5) is 27.7. The number of rotatable bonds is 11. The third-order valence-electron chi connectivity index (χ3n) is 5.35. The Morgan fingerprint density at radius 3 is 2.40 bits per heavy atom. The Balaban J connectivity index is 2.48. The average molecular weight is 545 g/mol. The lowest BCUT2D eigenvalue weighted by Gasteiger charge is -2.32. The predicted octanol–water partition coefficient (Wildman–Crippen LogP) is 4.02. The van der Waals surface area contributed by atoms with Crippen LogP contribution in [0.5, 0.6) is 5.75 Å². The average Bonchev–Trinajstić information content (AvgIpc) is 2.79. The molecule has 2 rings (SSSR count). The van der Waals surface area contributed by atoms with Crippen LogP contribution in [0.25, 0.3) is 0 Å². The molecule has 0 saturated heterocycles. The molecule has 1 N–H and O–H groups in total. The van der Waals surface area contributed by atoms with Gasteiger partial charge < -0.3 is 15.0 Å². The number of hydrogen-bond donors (Lipinski definition) is 1. The molecule has 35 heavy (non-hydrogen) atoms. The van der Waals surface area contributed by atoms with Gasteiger partial charge in [-0.15, -0.1) is 0 Å². The summed E-state index contributed by atoms with van der Waals surface area (Å²) in [6, 6.07) is 9.00. The molecule has 0 heterocycles. The monoisotopic (exact) mass is 543 g/mol. The lowest BCUT2D eigenvalue weighted by Crippen LogP contribution is -2.51. The van der Waals surface area contributed by atoms with Gasteiger partial charge in [0.1, 0.15) is 18.3 Å². The molecular weight excluding hydrogens is 513 g/mol. The highest BCUT2D eigenvalue weighted by molar-refractivity contribution is 7.92. The van der Waals surface area contributed by atoms with Gasteiger partial charge in [-0.3, -0.25) is 13.9 Å². The molecule has 0 bridgehead atoms. The van der Waals surface area contributed by atoms with Crippen molar-refractivity contribution in [1.82, 2.24) is 10.2 Å². The quantitative estimate of drug-likeness (QED) is 0.461. The fourth-order valence-corrected chi connectivity index (χ4v) is 4.71. The number of hydrogen-bond acceptors (Lipinski definition) is 5. The fourth-order valence-electron chi connectivity index (χ4n) is 3.40. The topological polar surface area (TPSA) is 96.0 Å². The van der Waals surface area contributed by atoms with Crippen LogP contribution in [0.4, 0.5) is 5.69 Å². The van der Waals surface area contributed by atoms with Gasteiger partial charge in [-0.1, -0.05) is 42.3 Å². The zero-order valence-corrected chi connectivity index (χ0v) is 22.8. The number of benzene rings is 2. The molecule has 0 aliphatic carbocycles. The third kappa shape index (κ3) is 7.75. The first kappa shape index (κ1) is 28.7. The van der Waals surface area contributed by atoms with Crippen molar-refractivity contribution < 1.29 is 22.7 Å². The minimum Gasteiger partial charge on any atom is -0.495 e. The van der Waals surface area contributed by atoms with Crippen LogP contribution < -0.4 is 14.4 Å². The number of nitrogens with one attached hydrogen (secondary N) is 1. The van der Waals surface area contributed by atoms with Crippen LogP contribution in [0, 0.1) is 6.92 Å². The second-order valence-electron chi connectivity index (χ2n) is 8.17. The van der Waals surface area contributed by atoms with Crippen LogP contribution in [-0.4, -0.2) is 57.6 Å². The molecule has 8 nitrogen and oxygen atoms in total. The number of aryl methyl sites for hydroxylation is 1. The number of nitrogens with zero attached hydrogens (tertiary/aromatic N) is 2. The Bertz CT molecular complexity index is 1170. The maximum absolute atomic E-state index is 13.6. The van der Waals surface area contributed by atoms with E-state index in [2.05, 4.69) is 5.32 Å². The van der Waals surface area contributed by atoms with Crippen molar-refractivity contribution in [3.05, 3.63) is 57.6 Å². The maximum Gasteiger partial charge on any atom is 0.244 e. The number of methoxy groups -OCH3 is 1. The van der Waals surface area contributed by atoms with Gasteiger partial charge >= 0.3 is 0 Å². The van der Waals surface area contributed by atoms with Crippen molar-refractivity contribution >= 4 is 50.7 Å². The highest BCUT2D eigenvalue weighted by atomic mass is 35.5. The van der Waals surface area contributed by atoms with Crippen LogP contribution in [0.15, 0.2) is 36.4 Å². The van der Waals surface area contributed by atoms with E-state index in [9.17, 15) is 18.0 Å². The molecule has 2 aromatic rings. The molecule has 0 aromatic heterocycles. The third-order valence-corrected chi connectivity index (χ3v) is 7.07. The normalized spacial score (nSPS) is 12.1. The van der Waals surface area contributed by atoms with Crippen molar-refractivity contribution in [2.75, 3.05) is 30.8 Å². The number of ether oxygens (including phenoxy) is 1. The first-order valence-corrected chi connectivity index (χ1v) is 13.6. The van der Waals surface area contributed by atoms with Gasteiger partial charge in [0.15, 0.2) is 0 Å². The summed E-state index contributed by atoms with van der Waals surface area (Å²) in [5, 5.41) is 3.54. The second kappa shape index (κ2) is 12.5. The smallest absolute Gasteiger partial charge is 0.244 e. The Kier molecular flexibility index (Phi) is 10.2. The van der Waals surface area contributed by atoms with Crippen molar-refractivity contribution in [1.29, 1.82) is 0 Å². The number of carbonyl (C=O) groups excluding carboxylic acids is 2. The van der Waals surface area contributed by atoms with Gasteiger partial charge in [-0.25, -0.2) is 8.42 Å². The van der Waals surface area contributed by atoms with Crippen LogP contribution in [0.2, 0.25) is 10.0 Å². The highest BCUT2D eigenvalue weighted by Gasteiger charge is 2.31. The largest absolute Gasteiger partial charge is 0.495 e. The molecule has 2 amide bonds. The molecular formula is C24H31Cl2N3O5S. The summed E-state index contributed by atoms with van der Waals surface area (Å²) in [5.41, 5.74) is 1.59. The van der Waals surface area contributed by atoms with Crippen molar-refractivity contribution in [2.45, 2.75) is 39.8 Å². The molecule has 0 fully saturated rings. The van der Waals surface area contributed by atoms with Crippen molar-refractivity contribution in [3.8, 4) is 5.75 Å². The molecule has 0 radical (unpaired) electrons. The van der Waals surface area contributed by atoms with E-state index in [0.717, 1.165) is 22.5 Å².